The fourth-order valence-corrected chi connectivity index (χ4v) is 1.98. The van der Waals surface area contributed by atoms with E-state index in [4.69, 9.17) is 27.9 Å². The summed E-state index contributed by atoms with van der Waals surface area (Å²) in [5.74, 6) is 0.194. The average molecular weight is 340 g/mol. The van der Waals surface area contributed by atoms with Crippen LogP contribution in [-0.2, 0) is 0 Å². The Hall–Kier alpha value is -2.31. The lowest BCUT2D eigenvalue weighted by Gasteiger charge is -2.03. The molecule has 6 nitrogen and oxygen atoms in total. The first-order valence-corrected chi connectivity index (χ1v) is 6.83. The van der Waals surface area contributed by atoms with Crippen molar-refractivity contribution in [2.45, 2.75) is 0 Å². The maximum atomic E-state index is 10.9. The van der Waals surface area contributed by atoms with E-state index in [1.165, 1.54) is 25.5 Å². The molecule has 0 aliphatic rings. The van der Waals surface area contributed by atoms with E-state index in [0.29, 0.717) is 21.3 Å². The minimum absolute atomic E-state index is 0.124. The van der Waals surface area contributed by atoms with Gasteiger partial charge in [-0.1, -0.05) is 23.2 Å². The number of hydrogen-bond donors (Lipinski definition) is 1. The zero-order valence-electron chi connectivity index (χ0n) is 11.4. The summed E-state index contributed by atoms with van der Waals surface area (Å²) in [5.41, 5.74) is 3.84. The highest BCUT2D eigenvalue weighted by atomic mass is 35.5. The van der Waals surface area contributed by atoms with Crippen LogP contribution in [0.4, 0.5) is 11.4 Å². The Labute approximate surface area is 136 Å². The van der Waals surface area contributed by atoms with Gasteiger partial charge in [-0.3, -0.25) is 15.5 Å². The molecule has 0 saturated heterocycles. The number of benzene rings is 2. The molecule has 1 N–H and O–H groups in total. The molecule has 2 aromatic carbocycles. The lowest BCUT2D eigenvalue weighted by Crippen LogP contribution is -1.96. The predicted molar refractivity (Wildman–Crippen MR) is 87.3 cm³/mol. The van der Waals surface area contributed by atoms with Gasteiger partial charge in [-0.15, -0.1) is 0 Å². The zero-order valence-corrected chi connectivity index (χ0v) is 12.9. The maximum Gasteiger partial charge on any atom is 0.311 e. The lowest BCUT2D eigenvalue weighted by atomic mass is 10.2. The first kappa shape index (κ1) is 16.1. The fourth-order valence-electron chi connectivity index (χ4n) is 1.68. The van der Waals surface area contributed by atoms with Gasteiger partial charge < -0.3 is 4.74 Å². The molecule has 0 saturated carbocycles. The first-order chi connectivity index (χ1) is 10.5. The number of hydrogen-bond acceptors (Lipinski definition) is 5. The summed E-state index contributed by atoms with van der Waals surface area (Å²) in [6.45, 7) is 0. The van der Waals surface area contributed by atoms with Gasteiger partial charge in [0, 0.05) is 11.6 Å². The van der Waals surface area contributed by atoms with Crippen LogP contribution in [0.2, 0.25) is 10.0 Å². The van der Waals surface area contributed by atoms with E-state index in [-0.39, 0.29) is 11.4 Å². The number of anilines is 1. The molecule has 2 rings (SSSR count). The molecule has 0 fully saturated rings. The normalized spacial score (nSPS) is 10.7. The molecular formula is C14H11Cl2N3O3. The van der Waals surface area contributed by atoms with E-state index in [0.717, 1.165) is 0 Å². The molecule has 0 radical (unpaired) electrons. The van der Waals surface area contributed by atoms with Crippen molar-refractivity contribution in [1.82, 2.24) is 0 Å². The number of ether oxygens (including phenoxy) is 1. The summed E-state index contributed by atoms with van der Waals surface area (Å²) >= 11 is 11.7. The van der Waals surface area contributed by atoms with E-state index in [2.05, 4.69) is 10.5 Å². The van der Waals surface area contributed by atoms with Crippen molar-refractivity contribution in [2.24, 2.45) is 5.10 Å². The SMILES string of the molecule is COc1ccc(C=NNc2ccc(Cl)c(Cl)c2)cc1[N+](=O)[O-]. The molecule has 0 aliphatic heterocycles. The Morgan fingerprint density at radius 3 is 2.64 bits per heavy atom. The van der Waals surface area contributed by atoms with Gasteiger partial charge in [0.05, 0.1) is 34.0 Å². The highest BCUT2D eigenvalue weighted by Gasteiger charge is 2.14. The number of nitro groups is 1. The average Bonchev–Trinajstić information content (AvgIpc) is 2.50. The fraction of sp³-hybridized carbons (Fsp3) is 0.0714. The summed E-state index contributed by atoms with van der Waals surface area (Å²) < 4.78 is 4.93. The topological polar surface area (TPSA) is 76.8 Å². The standard InChI is InChI=1S/C14H11Cl2N3O3/c1-22-14-5-2-9(6-13(14)19(20)21)8-17-18-10-3-4-11(15)12(16)7-10/h2-8,18H,1H3. The third kappa shape index (κ3) is 3.87. The van der Waals surface area contributed by atoms with E-state index in [9.17, 15) is 10.1 Å². The van der Waals surface area contributed by atoms with Gasteiger partial charge in [-0.2, -0.15) is 5.10 Å². The Balaban J connectivity index is 2.14. The lowest BCUT2D eigenvalue weighted by molar-refractivity contribution is -0.385. The highest BCUT2D eigenvalue weighted by molar-refractivity contribution is 6.42. The van der Waals surface area contributed by atoms with Crippen molar-refractivity contribution in [3.63, 3.8) is 0 Å². The van der Waals surface area contributed by atoms with Crippen molar-refractivity contribution in [2.75, 3.05) is 12.5 Å². The number of methoxy groups -OCH3 is 1. The van der Waals surface area contributed by atoms with Crippen LogP contribution < -0.4 is 10.2 Å². The number of nitrogens with one attached hydrogen (secondary N) is 1. The number of halogens is 2. The predicted octanol–water partition coefficient (Wildman–Crippen LogP) is 4.36. The van der Waals surface area contributed by atoms with Crippen LogP contribution in [0.3, 0.4) is 0 Å². The molecule has 2 aromatic rings. The Morgan fingerprint density at radius 2 is 2.00 bits per heavy atom. The maximum absolute atomic E-state index is 10.9. The largest absolute Gasteiger partial charge is 0.490 e. The number of hydrazone groups is 1. The smallest absolute Gasteiger partial charge is 0.311 e. The van der Waals surface area contributed by atoms with Gasteiger partial charge in [0.1, 0.15) is 0 Å². The van der Waals surface area contributed by atoms with Crippen molar-refractivity contribution in [3.05, 3.63) is 62.1 Å². The van der Waals surface area contributed by atoms with Crippen LogP contribution in [-0.4, -0.2) is 18.2 Å². The molecule has 0 aromatic heterocycles. The van der Waals surface area contributed by atoms with E-state index in [1.54, 1.807) is 24.3 Å². The highest BCUT2D eigenvalue weighted by Crippen LogP contribution is 2.27. The monoisotopic (exact) mass is 339 g/mol. The molecular weight excluding hydrogens is 329 g/mol. The molecule has 0 atom stereocenters. The summed E-state index contributed by atoms with van der Waals surface area (Å²) in [4.78, 5) is 10.4. The Bertz CT molecular complexity index is 735. The minimum atomic E-state index is -0.511. The molecule has 0 spiro atoms. The van der Waals surface area contributed by atoms with Crippen molar-refractivity contribution >= 4 is 40.8 Å². The summed E-state index contributed by atoms with van der Waals surface area (Å²) in [6.07, 6.45) is 1.45. The van der Waals surface area contributed by atoms with Crippen LogP contribution in [0.15, 0.2) is 41.5 Å². The molecule has 0 aliphatic carbocycles. The quantitative estimate of drug-likeness (QED) is 0.498. The zero-order chi connectivity index (χ0) is 16.1. The van der Waals surface area contributed by atoms with Crippen LogP contribution in [0.25, 0.3) is 0 Å². The Morgan fingerprint density at radius 1 is 1.23 bits per heavy atom. The minimum Gasteiger partial charge on any atom is -0.490 e. The van der Waals surface area contributed by atoms with Crippen molar-refractivity contribution in [1.29, 1.82) is 0 Å². The third-order valence-electron chi connectivity index (χ3n) is 2.73. The van der Waals surface area contributed by atoms with E-state index < -0.39 is 4.92 Å². The summed E-state index contributed by atoms with van der Waals surface area (Å²) in [6, 6.07) is 9.52. The van der Waals surface area contributed by atoms with Gasteiger partial charge >= 0.3 is 5.69 Å². The van der Waals surface area contributed by atoms with Gasteiger partial charge in [0.25, 0.3) is 0 Å². The molecule has 22 heavy (non-hydrogen) atoms. The van der Waals surface area contributed by atoms with Crippen LogP contribution >= 0.6 is 23.2 Å². The van der Waals surface area contributed by atoms with Crippen molar-refractivity contribution < 1.29 is 9.66 Å². The van der Waals surface area contributed by atoms with Crippen LogP contribution in [0, 0.1) is 10.1 Å². The summed E-state index contributed by atoms with van der Waals surface area (Å²) in [7, 11) is 1.38. The van der Waals surface area contributed by atoms with Gasteiger partial charge in [-0.05, 0) is 30.3 Å². The first-order valence-electron chi connectivity index (χ1n) is 6.08. The second kappa shape index (κ2) is 7.11. The van der Waals surface area contributed by atoms with Gasteiger partial charge in [0.2, 0.25) is 0 Å². The number of nitrogens with zero attached hydrogens (tertiary/aromatic N) is 2. The molecule has 0 bridgehead atoms. The van der Waals surface area contributed by atoms with E-state index >= 15 is 0 Å². The second-order valence-electron chi connectivity index (χ2n) is 4.19. The van der Waals surface area contributed by atoms with Crippen LogP contribution in [0.5, 0.6) is 5.75 Å². The number of rotatable bonds is 5. The van der Waals surface area contributed by atoms with E-state index in [1.807, 2.05) is 0 Å². The second-order valence-corrected chi connectivity index (χ2v) is 5.00. The third-order valence-corrected chi connectivity index (χ3v) is 3.47. The Kier molecular flexibility index (Phi) is 5.19. The van der Waals surface area contributed by atoms with Crippen LogP contribution in [0.1, 0.15) is 5.56 Å². The molecule has 0 heterocycles. The molecule has 8 heteroatoms. The molecule has 0 unspecified atom stereocenters. The number of nitro benzene ring substituents is 1. The molecule has 0 amide bonds. The summed E-state index contributed by atoms with van der Waals surface area (Å²) in [5, 5.41) is 15.8. The van der Waals surface area contributed by atoms with Gasteiger partial charge in [0.15, 0.2) is 5.75 Å². The molecule has 114 valence electrons. The van der Waals surface area contributed by atoms with Gasteiger partial charge in [-0.25, -0.2) is 0 Å². The van der Waals surface area contributed by atoms with Crippen molar-refractivity contribution in [3.8, 4) is 5.75 Å².